The van der Waals surface area contributed by atoms with Crippen LogP contribution >= 0.6 is 11.6 Å². The number of aromatic nitrogens is 1. The zero-order valence-corrected chi connectivity index (χ0v) is 14.7. The maximum Gasteiger partial charge on any atom is 0.254 e. The fourth-order valence-corrected chi connectivity index (χ4v) is 3.38. The van der Waals surface area contributed by atoms with Crippen molar-refractivity contribution < 1.29 is 9.90 Å². The molecule has 3 N–H and O–H groups in total. The molecule has 2 aromatic rings. The number of amides is 1. The highest BCUT2D eigenvalue weighted by atomic mass is 35.5. The number of aliphatic hydroxyl groups is 1. The minimum Gasteiger partial charge on any atom is -0.391 e. The van der Waals surface area contributed by atoms with Crippen LogP contribution in [0.2, 0.25) is 5.15 Å². The number of halogens is 1. The highest BCUT2D eigenvalue weighted by molar-refractivity contribution is 6.29. The number of carbonyl (C=O) groups is 1. The lowest BCUT2D eigenvalue weighted by atomic mass is 9.99. The largest absolute Gasteiger partial charge is 0.391 e. The predicted octanol–water partition coefficient (Wildman–Crippen LogP) is 2.19. The average Bonchev–Trinajstić information content (AvgIpc) is 2.63. The van der Waals surface area contributed by atoms with Crippen molar-refractivity contribution in [2.75, 3.05) is 13.1 Å². The number of aliphatic hydroxyl groups excluding tert-OH is 1. The third-order valence-electron chi connectivity index (χ3n) is 4.64. The first kappa shape index (κ1) is 17.9. The second kappa shape index (κ2) is 7.95. The molecule has 1 aliphatic rings. The zero-order chi connectivity index (χ0) is 17.8. The summed E-state index contributed by atoms with van der Waals surface area (Å²) in [6.07, 6.45) is 3.14. The summed E-state index contributed by atoms with van der Waals surface area (Å²) in [4.78, 5) is 18.3. The van der Waals surface area contributed by atoms with Crippen LogP contribution in [-0.2, 0) is 19.4 Å². The van der Waals surface area contributed by atoms with Gasteiger partial charge >= 0.3 is 0 Å². The number of nitrogens with two attached hydrogens (primary N) is 1. The fraction of sp³-hybridized carbons (Fsp3) is 0.368. The van der Waals surface area contributed by atoms with E-state index in [4.69, 9.17) is 17.3 Å². The van der Waals surface area contributed by atoms with E-state index in [-0.39, 0.29) is 5.91 Å². The van der Waals surface area contributed by atoms with Crippen molar-refractivity contribution >= 4 is 17.5 Å². The second-order valence-electron chi connectivity index (χ2n) is 6.33. The van der Waals surface area contributed by atoms with Gasteiger partial charge in [-0.2, -0.15) is 0 Å². The minimum atomic E-state index is -0.575. The summed E-state index contributed by atoms with van der Waals surface area (Å²) in [5.41, 5.74) is 9.50. The maximum atomic E-state index is 12.6. The van der Waals surface area contributed by atoms with Crippen LogP contribution in [0.25, 0.3) is 0 Å². The molecular weight excluding hydrogens is 338 g/mol. The molecule has 1 unspecified atom stereocenters. The third kappa shape index (κ3) is 4.18. The van der Waals surface area contributed by atoms with E-state index in [1.54, 1.807) is 17.2 Å². The summed E-state index contributed by atoms with van der Waals surface area (Å²) in [7, 11) is 0. The fourth-order valence-electron chi connectivity index (χ4n) is 3.23. The number of hydrogen-bond acceptors (Lipinski definition) is 4. The van der Waals surface area contributed by atoms with Gasteiger partial charge in [-0.3, -0.25) is 4.79 Å². The van der Waals surface area contributed by atoms with E-state index in [9.17, 15) is 9.90 Å². The molecule has 1 atom stereocenters. The molecule has 1 aliphatic heterocycles. The Labute approximate surface area is 152 Å². The lowest BCUT2D eigenvalue weighted by Gasteiger charge is -2.30. The van der Waals surface area contributed by atoms with E-state index >= 15 is 0 Å². The SMILES string of the molecule is NCc1ccccc1CCC(O)CN1CCc2cnc(Cl)cc2C1=O. The highest BCUT2D eigenvalue weighted by Gasteiger charge is 2.26. The van der Waals surface area contributed by atoms with Crippen molar-refractivity contribution in [3.05, 3.63) is 63.9 Å². The van der Waals surface area contributed by atoms with E-state index in [1.165, 1.54) is 0 Å². The third-order valence-corrected chi connectivity index (χ3v) is 4.84. The van der Waals surface area contributed by atoms with E-state index < -0.39 is 6.10 Å². The number of β-amino-alcohol motifs (C(OH)–C–C–N with tert-alkyl or cyclic N) is 1. The lowest BCUT2D eigenvalue weighted by Crippen LogP contribution is -2.42. The predicted molar refractivity (Wildman–Crippen MR) is 97.5 cm³/mol. The van der Waals surface area contributed by atoms with Crippen molar-refractivity contribution in [2.24, 2.45) is 5.73 Å². The van der Waals surface area contributed by atoms with Gasteiger partial charge in [0.15, 0.2) is 0 Å². The molecule has 6 heteroatoms. The molecule has 2 heterocycles. The average molecular weight is 360 g/mol. The molecule has 0 saturated carbocycles. The number of benzene rings is 1. The highest BCUT2D eigenvalue weighted by Crippen LogP contribution is 2.21. The van der Waals surface area contributed by atoms with Crippen LogP contribution in [-0.4, -0.2) is 40.1 Å². The Hall–Kier alpha value is -1.95. The lowest BCUT2D eigenvalue weighted by molar-refractivity contribution is 0.0591. The number of aryl methyl sites for hydroxylation is 1. The smallest absolute Gasteiger partial charge is 0.254 e. The van der Waals surface area contributed by atoms with Crippen molar-refractivity contribution in [1.29, 1.82) is 0 Å². The van der Waals surface area contributed by atoms with Gasteiger partial charge in [0.25, 0.3) is 5.91 Å². The van der Waals surface area contributed by atoms with Crippen LogP contribution in [0, 0.1) is 0 Å². The Morgan fingerprint density at radius 1 is 1.32 bits per heavy atom. The zero-order valence-electron chi connectivity index (χ0n) is 14.0. The molecule has 132 valence electrons. The summed E-state index contributed by atoms with van der Waals surface area (Å²) < 4.78 is 0. The van der Waals surface area contributed by atoms with E-state index in [1.807, 2.05) is 24.3 Å². The van der Waals surface area contributed by atoms with Gasteiger partial charge in [0, 0.05) is 31.4 Å². The van der Waals surface area contributed by atoms with Crippen molar-refractivity contribution in [3.8, 4) is 0 Å². The quantitative estimate of drug-likeness (QED) is 0.775. The molecule has 0 spiro atoms. The summed E-state index contributed by atoms with van der Waals surface area (Å²) >= 11 is 5.90. The topological polar surface area (TPSA) is 79.5 Å². The summed E-state index contributed by atoms with van der Waals surface area (Å²) in [6, 6.07) is 9.59. The second-order valence-corrected chi connectivity index (χ2v) is 6.72. The number of fused-ring (bicyclic) bond motifs is 1. The minimum absolute atomic E-state index is 0.0908. The number of carbonyl (C=O) groups excluding carboxylic acids is 1. The van der Waals surface area contributed by atoms with Crippen LogP contribution in [0.4, 0.5) is 0 Å². The van der Waals surface area contributed by atoms with Gasteiger partial charge in [0.2, 0.25) is 0 Å². The van der Waals surface area contributed by atoms with Crippen LogP contribution in [0.15, 0.2) is 36.5 Å². The first-order chi connectivity index (χ1) is 12.1. The first-order valence-electron chi connectivity index (χ1n) is 8.47. The maximum absolute atomic E-state index is 12.6. The van der Waals surface area contributed by atoms with E-state index in [2.05, 4.69) is 4.98 Å². The molecule has 0 radical (unpaired) electrons. The molecule has 0 saturated heterocycles. The van der Waals surface area contributed by atoms with Crippen LogP contribution in [0.3, 0.4) is 0 Å². The molecule has 5 nitrogen and oxygen atoms in total. The van der Waals surface area contributed by atoms with Gasteiger partial charge in [0.1, 0.15) is 5.15 Å². The standard InChI is InChI=1S/C19H22ClN3O2/c20-18-9-17-15(11-22-18)7-8-23(19(17)25)12-16(24)6-5-13-3-1-2-4-14(13)10-21/h1-4,9,11,16,24H,5-8,10,12,21H2. The van der Waals surface area contributed by atoms with Gasteiger partial charge in [-0.1, -0.05) is 35.9 Å². The number of rotatable bonds is 6. The number of nitrogens with zero attached hydrogens (tertiary/aromatic N) is 2. The molecule has 3 rings (SSSR count). The first-order valence-corrected chi connectivity index (χ1v) is 8.85. The van der Waals surface area contributed by atoms with Gasteiger partial charge in [-0.15, -0.1) is 0 Å². The normalized spacial score (nSPS) is 15.2. The molecule has 0 fully saturated rings. The summed E-state index contributed by atoms with van der Waals surface area (Å²) in [6.45, 7) is 1.40. The molecule has 1 amide bonds. The van der Waals surface area contributed by atoms with Crippen molar-refractivity contribution in [2.45, 2.75) is 31.9 Å². The molecule has 0 aliphatic carbocycles. The molecular formula is C19H22ClN3O2. The van der Waals surface area contributed by atoms with Crippen LogP contribution in [0.5, 0.6) is 0 Å². The Balaban J connectivity index is 1.60. The molecule has 0 bridgehead atoms. The summed E-state index contributed by atoms with van der Waals surface area (Å²) in [5.74, 6) is -0.0908. The van der Waals surface area contributed by atoms with E-state index in [0.717, 1.165) is 29.5 Å². The number of hydrogen-bond donors (Lipinski definition) is 2. The Morgan fingerprint density at radius 2 is 2.08 bits per heavy atom. The van der Waals surface area contributed by atoms with Gasteiger partial charge in [-0.25, -0.2) is 4.98 Å². The monoisotopic (exact) mass is 359 g/mol. The van der Waals surface area contributed by atoms with Crippen molar-refractivity contribution in [3.63, 3.8) is 0 Å². The molecule has 1 aromatic heterocycles. The van der Waals surface area contributed by atoms with Crippen molar-refractivity contribution in [1.82, 2.24) is 9.88 Å². The van der Waals surface area contributed by atoms with Gasteiger partial charge in [0.05, 0.1) is 6.10 Å². The number of pyridine rings is 1. The molecule has 1 aromatic carbocycles. The molecule has 25 heavy (non-hydrogen) atoms. The van der Waals surface area contributed by atoms with Crippen LogP contribution in [0.1, 0.15) is 33.5 Å². The Kier molecular flexibility index (Phi) is 5.68. The van der Waals surface area contributed by atoms with Gasteiger partial charge < -0.3 is 15.7 Å². The Bertz CT molecular complexity index is 766. The van der Waals surface area contributed by atoms with Crippen LogP contribution < -0.4 is 5.73 Å². The summed E-state index contributed by atoms with van der Waals surface area (Å²) in [5, 5.41) is 10.7. The Morgan fingerprint density at radius 3 is 2.84 bits per heavy atom. The van der Waals surface area contributed by atoms with Gasteiger partial charge in [-0.05, 0) is 42.0 Å². The van der Waals surface area contributed by atoms with E-state index in [0.29, 0.717) is 36.8 Å².